The van der Waals surface area contributed by atoms with Crippen LogP contribution in [0.25, 0.3) is 0 Å². The molecule has 0 aromatic carbocycles. The maximum atomic E-state index is 4.98. The average molecular weight is 209 g/mol. The molecule has 1 N–H and O–H groups in total. The Bertz CT molecular complexity index is 289. The van der Waals surface area contributed by atoms with Gasteiger partial charge in [0.2, 0.25) is 0 Å². The smallest absolute Gasteiger partial charge is 0.154 e. The number of hydrogen-bond acceptors (Lipinski definition) is 4. The van der Waals surface area contributed by atoms with Crippen LogP contribution in [0.3, 0.4) is 0 Å². The third-order valence-electron chi connectivity index (χ3n) is 1.90. The zero-order valence-corrected chi connectivity index (χ0v) is 9.66. The predicted molar refractivity (Wildman–Crippen MR) is 59.3 cm³/mol. The van der Waals surface area contributed by atoms with Crippen molar-refractivity contribution in [3.8, 4) is 0 Å². The molecule has 0 atom stereocenters. The summed E-state index contributed by atoms with van der Waals surface area (Å²) < 4.78 is 4.98. The number of nitrogens with one attached hydrogen (secondary N) is 1. The van der Waals surface area contributed by atoms with Crippen molar-refractivity contribution in [1.29, 1.82) is 0 Å². The second-order valence-electron chi connectivity index (χ2n) is 3.92. The molecule has 4 heteroatoms. The molecule has 0 fully saturated rings. The molecule has 0 bridgehead atoms. The summed E-state index contributed by atoms with van der Waals surface area (Å²) in [6.07, 6.45) is 1.77. The first-order valence-electron chi connectivity index (χ1n) is 5.23. The van der Waals surface area contributed by atoms with Crippen LogP contribution in [0.5, 0.6) is 0 Å². The van der Waals surface area contributed by atoms with E-state index in [0.29, 0.717) is 12.5 Å². The molecule has 0 saturated heterocycles. The first-order chi connectivity index (χ1) is 7.22. The lowest BCUT2D eigenvalue weighted by Gasteiger charge is -2.07. The number of aromatic nitrogens is 2. The molecule has 1 rings (SSSR count). The van der Waals surface area contributed by atoms with E-state index in [2.05, 4.69) is 29.1 Å². The standard InChI is InChI=1S/C11H19N3O/c1-9(2)6-12-7-10-4-5-13-11(14-10)8-15-3/h4-5,9,12H,6-8H2,1-3H3. The second-order valence-corrected chi connectivity index (χ2v) is 3.92. The number of ether oxygens (including phenoxy) is 1. The molecule has 84 valence electrons. The highest BCUT2D eigenvalue weighted by Crippen LogP contribution is 1.97. The summed E-state index contributed by atoms with van der Waals surface area (Å²) >= 11 is 0. The third-order valence-corrected chi connectivity index (χ3v) is 1.90. The molecule has 4 nitrogen and oxygen atoms in total. The summed E-state index contributed by atoms with van der Waals surface area (Å²) in [5.74, 6) is 1.40. The van der Waals surface area contributed by atoms with Gasteiger partial charge in [-0.05, 0) is 18.5 Å². The second kappa shape index (κ2) is 6.48. The molecule has 0 radical (unpaired) electrons. The lowest BCUT2D eigenvalue weighted by Crippen LogP contribution is -2.20. The molecule has 0 aliphatic carbocycles. The van der Waals surface area contributed by atoms with Gasteiger partial charge in [0.15, 0.2) is 5.82 Å². The van der Waals surface area contributed by atoms with Crippen molar-refractivity contribution in [3.63, 3.8) is 0 Å². The fourth-order valence-corrected chi connectivity index (χ4v) is 1.23. The Kier molecular flexibility index (Phi) is 5.21. The van der Waals surface area contributed by atoms with E-state index >= 15 is 0 Å². The Morgan fingerprint density at radius 1 is 1.47 bits per heavy atom. The van der Waals surface area contributed by atoms with Crippen LogP contribution in [0.15, 0.2) is 12.3 Å². The van der Waals surface area contributed by atoms with Gasteiger partial charge in [0.1, 0.15) is 6.61 Å². The Hall–Kier alpha value is -1.00. The quantitative estimate of drug-likeness (QED) is 0.768. The maximum Gasteiger partial charge on any atom is 0.154 e. The van der Waals surface area contributed by atoms with Gasteiger partial charge >= 0.3 is 0 Å². The SMILES string of the molecule is COCc1nccc(CNCC(C)C)n1. The first-order valence-corrected chi connectivity index (χ1v) is 5.23. The third kappa shape index (κ3) is 4.85. The van der Waals surface area contributed by atoms with Gasteiger partial charge in [-0.15, -0.1) is 0 Å². The van der Waals surface area contributed by atoms with Crippen LogP contribution >= 0.6 is 0 Å². The molecule has 0 saturated carbocycles. The van der Waals surface area contributed by atoms with Crippen LogP contribution in [-0.2, 0) is 17.9 Å². The van der Waals surface area contributed by atoms with Gasteiger partial charge in [0.05, 0.1) is 5.69 Å². The van der Waals surface area contributed by atoms with Crippen molar-refractivity contribution in [2.75, 3.05) is 13.7 Å². The van der Waals surface area contributed by atoms with Gasteiger partial charge in [-0.1, -0.05) is 13.8 Å². The van der Waals surface area contributed by atoms with E-state index in [4.69, 9.17) is 4.74 Å². The Labute approximate surface area is 91.1 Å². The summed E-state index contributed by atoms with van der Waals surface area (Å²) in [7, 11) is 1.65. The summed E-state index contributed by atoms with van der Waals surface area (Å²) in [5, 5.41) is 3.34. The predicted octanol–water partition coefficient (Wildman–Crippen LogP) is 1.37. The van der Waals surface area contributed by atoms with Gasteiger partial charge in [-0.25, -0.2) is 9.97 Å². The monoisotopic (exact) mass is 209 g/mol. The van der Waals surface area contributed by atoms with Crippen LogP contribution < -0.4 is 5.32 Å². The van der Waals surface area contributed by atoms with Crippen LogP contribution in [0.4, 0.5) is 0 Å². The van der Waals surface area contributed by atoms with Crippen LogP contribution in [0.1, 0.15) is 25.4 Å². The van der Waals surface area contributed by atoms with Crippen molar-refractivity contribution in [3.05, 3.63) is 23.8 Å². The van der Waals surface area contributed by atoms with Crippen molar-refractivity contribution < 1.29 is 4.74 Å². The van der Waals surface area contributed by atoms with E-state index in [1.54, 1.807) is 13.3 Å². The van der Waals surface area contributed by atoms with Gasteiger partial charge in [0, 0.05) is 19.9 Å². The Balaban J connectivity index is 2.43. The lowest BCUT2D eigenvalue weighted by molar-refractivity contribution is 0.177. The highest BCUT2D eigenvalue weighted by molar-refractivity contribution is 5.01. The van der Waals surface area contributed by atoms with Crippen LogP contribution in [0, 0.1) is 5.92 Å². The Morgan fingerprint density at radius 3 is 2.93 bits per heavy atom. The summed E-state index contributed by atoms with van der Waals surface area (Å²) in [5.41, 5.74) is 1.01. The topological polar surface area (TPSA) is 47.0 Å². The van der Waals surface area contributed by atoms with E-state index < -0.39 is 0 Å². The minimum Gasteiger partial charge on any atom is -0.377 e. The van der Waals surface area contributed by atoms with Gasteiger partial charge < -0.3 is 10.1 Å². The highest BCUT2D eigenvalue weighted by atomic mass is 16.5. The number of nitrogens with zero attached hydrogens (tertiary/aromatic N) is 2. The fourth-order valence-electron chi connectivity index (χ4n) is 1.23. The summed E-state index contributed by atoms with van der Waals surface area (Å²) in [6.45, 7) is 6.63. The molecule has 15 heavy (non-hydrogen) atoms. The molecule has 0 amide bonds. The molecule has 1 aromatic rings. The van der Waals surface area contributed by atoms with E-state index in [0.717, 1.165) is 24.6 Å². The van der Waals surface area contributed by atoms with E-state index in [1.165, 1.54) is 0 Å². The lowest BCUT2D eigenvalue weighted by atomic mass is 10.2. The van der Waals surface area contributed by atoms with Gasteiger partial charge in [-0.2, -0.15) is 0 Å². The summed E-state index contributed by atoms with van der Waals surface area (Å²) in [4.78, 5) is 8.47. The molecule has 0 aliphatic heterocycles. The van der Waals surface area contributed by atoms with Gasteiger partial charge in [-0.3, -0.25) is 0 Å². The molecule has 1 aromatic heterocycles. The highest BCUT2D eigenvalue weighted by Gasteiger charge is 1.99. The van der Waals surface area contributed by atoms with Crippen LogP contribution in [-0.4, -0.2) is 23.6 Å². The van der Waals surface area contributed by atoms with Crippen molar-refractivity contribution in [1.82, 2.24) is 15.3 Å². The minimum absolute atomic E-state index is 0.470. The largest absolute Gasteiger partial charge is 0.377 e. The molecular weight excluding hydrogens is 190 g/mol. The van der Waals surface area contributed by atoms with E-state index in [9.17, 15) is 0 Å². The zero-order valence-electron chi connectivity index (χ0n) is 9.66. The molecule has 0 spiro atoms. The maximum absolute atomic E-state index is 4.98. The molecule has 0 unspecified atom stereocenters. The van der Waals surface area contributed by atoms with E-state index in [1.807, 2.05) is 6.07 Å². The van der Waals surface area contributed by atoms with Gasteiger partial charge in [0.25, 0.3) is 0 Å². The summed E-state index contributed by atoms with van der Waals surface area (Å²) in [6, 6.07) is 1.92. The average Bonchev–Trinajstić information content (AvgIpc) is 2.18. The number of rotatable bonds is 6. The van der Waals surface area contributed by atoms with Crippen molar-refractivity contribution in [2.24, 2.45) is 5.92 Å². The Morgan fingerprint density at radius 2 is 2.27 bits per heavy atom. The molecular formula is C11H19N3O. The molecule has 1 heterocycles. The van der Waals surface area contributed by atoms with Crippen molar-refractivity contribution >= 4 is 0 Å². The minimum atomic E-state index is 0.470. The number of hydrogen-bond donors (Lipinski definition) is 1. The van der Waals surface area contributed by atoms with Crippen LogP contribution in [0.2, 0.25) is 0 Å². The number of methoxy groups -OCH3 is 1. The molecule has 0 aliphatic rings. The van der Waals surface area contributed by atoms with E-state index in [-0.39, 0.29) is 0 Å². The normalized spacial score (nSPS) is 10.9. The zero-order chi connectivity index (χ0) is 11.1. The first kappa shape index (κ1) is 12.1. The fraction of sp³-hybridized carbons (Fsp3) is 0.636. The van der Waals surface area contributed by atoms with Crippen molar-refractivity contribution in [2.45, 2.75) is 27.0 Å².